The van der Waals surface area contributed by atoms with E-state index in [1.165, 1.54) is 0 Å². The maximum atomic E-state index is 9.01. The molecule has 3 heteroatoms. The fourth-order valence-electron chi connectivity index (χ4n) is 1.14. The van der Waals surface area contributed by atoms with Crippen molar-refractivity contribution in [2.24, 2.45) is 0 Å². The van der Waals surface area contributed by atoms with Crippen LogP contribution in [0.15, 0.2) is 0 Å². The summed E-state index contributed by atoms with van der Waals surface area (Å²) < 4.78 is 0. The summed E-state index contributed by atoms with van der Waals surface area (Å²) in [6.07, 6.45) is 2.46. The number of nitrogens with zero attached hydrogens (tertiary/aromatic N) is 2. The van der Waals surface area contributed by atoms with Gasteiger partial charge in [-0.25, -0.2) is 0 Å². The lowest BCUT2D eigenvalue weighted by atomic mass is 10.2. The van der Waals surface area contributed by atoms with Crippen LogP contribution in [0.4, 0.5) is 0 Å². The maximum absolute atomic E-state index is 9.01. The van der Waals surface area contributed by atoms with Crippen LogP contribution in [0.2, 0.25) is 0 Å². The van der Waals surface area contributed by atoms with Gasteiger partial charge in [-0.3, -0.25) is 0 Å². The summed E-state index contributed by atoms with van der Waals surface area (Å²) in [7, 11) is 0. The number of hydrogen-bond donors (Lipinski definition) is 1. The zero-order valence-electron chi connectivity index (χ0n) is 5.41. The van der Waals surface area contributed by atoms with Crippen LogP contribution in [0, 0.1) is 11.5 Å². The molecule has 0 aromatic carbocycles. The molecule has 1 saturated heterocycles. The van der Waals surface area contributed by atoms with Crippen LogP contribution in [-0.4, -0.2) is 28.7 Å². The van der Waals surface area contributed by atoms with Crippen molar-refractivity contribution in [2.45, 2.75) is 25.5 Å². The Bertz CT molecular complexity index is 140. The molecule has 9 heavy (non-hydrogen) atoms. The van der Waals surface area contributed by atoms with Gasteiger partial charge in [-0.2, -0.15) is 5.26 Å². The number of β-amino-alcohol motifs (C(OH)–C–C–N with tert-alkyl or cyclic N) is 1. The van der Waals surface area contributed by atoms with Crippen LogP contribution in [0.3, 0.4) is 0 Å². The Morgan fingerprint density at radius 2 is 2.44 bits per heavy atom. The van der Waals surface area contributed by atoms with Crippen LogP contribution in [0.25, 0.3) is 0 Å². The molecule has 1 heterocycles. The Morgan fingerprint density at radius 1 is 1.78 bits per heavy atom. The number of aliphatic hydroxyl groups excluding tert-OH is 1. The standard InChI is InChI=1S/C6H10N2O/c1-5-2-6(9)3-8(5)4-7/h5-6,9H,2-3H2,1H3. The van der Waals surface area contributed by atoms with Gasteiger partial charge in [0.1, 0.15) is 0 Å². The summed E-state index contributed by atoms with van der Waals surface area (Å²) in [6.45, 7) is 2.46. The van der Waals surface area contributed by atoms with Gasteiger partial charge in [-0.1, -0.05) is 0 Å². The molecule has 2 atom stereocenters. The molecular formula is C6H10N2O. The monoisotopic (exact) mass is 126 g/mol. The van der Waals surface area contributed by atoms with Crippen molar-refractivity contribution in [1.29, 1.82) is 5.26 Å². The highest BCUT2D eigenvalue weighted by Crippen LogP contribution is 2.14. The number of nitriles is 1. The van der Waals surface area contributed by atoms with E-state index in [-0.39, 0.29) is 12.1 Å². The summed E-state index contributed by atoms with van der Waals surface area (Å²) in [5, 5.41) is 17.4. The molecule has 3 nitrogen and oxygen atoms in total. The smallest absolute Gasteiger partial charge is 0.179 e. The first-order valence-corrected chi connectivity index (χ1v) is 3.08. The van der Waals surface area contributed by atoms with E-state index in [2.05, 4.69) is 0 Å². The second-order valence-electron chi connectivity index (χ2n) is 2.49. The first kappa shape index (κ1) is 6.37. The van der Waals surface area contributed by atoms with Crippen molar-refractivity contribution in [3.63, 3.8) is 0 Å². The highest BCUT2D eigenvalue weighted by molar-refractivity contribution is 4.89. The molecule has 0 bridgehead atoms. The fourth-order valence-corrected chi connectivity index (χ4v) is 1.14. The molecule has 0 radical (unpaired) electrons. The second-order valence-corrected chi connectivity index (χ2v) is 2.49. The third-order valence-electron chi connectivity index (χ3n) is 1.68. The van der Waals surface area contributed by atoms with Crippen LogP contribution in [-0.2, 0) is 0 Å². The first-order valence-electron chi connectivity index (χ1n) is 3.08. The van der Waals surface area contributed by atoms with E-state index in [1.807, 2.05) is 13.1 Å². The van der Waals surface area contributed by atoms with Crippen LogP contribution >= 0.6 is 0 Å². The van der Waals surface area contributed by atoms with E-state index in [0.29, 0.717) is 6.54 Å². The molecule has 50 valence electrons. The average molecular weight is 126 g/mol. The van der Waals surface area contributed by atoms with Gasteiger partial charge in [0.15, 0.2) is 6.19 Å². The Labute approximate surface area is 54.5 Å². The predicted octanol–water partition coefficient (Wildman–Crippen LogP) is -0.0774. The summed E-state index contributed by atoms with van der Waals surface area (Å²) in [6, 6.07) is 0.227. The normalized spacial score (nSPS) is 34.6. The number of rotatable bonds is 0. The predicted molar refractivity (Wildman–Crippen MR) is 32.4 cm³/mol. The molecular weight excluding hydrogens is 116 g/mol. The van der Waals surface area contributed by atoms with Crippen molar-refractivity contribution in [3.05, 3.63) is 0 Å². The molecule has 0 amide bonds. The van der Waals surface area contributed by atoms with E-state index in [4.69, 9.17) is 10.4 Å². The fraction of sp³-hybridized carbons (Fsp3) is 0.833. The molecule has 0 aliphatic carbocycles. The van der Waals surface area contributed by atoms with Gasteiger partial charge in [0.25, 0.3) is 0 Å². The molecule has 0 aromatic rings. The Morgan fingerprint density at radius 3 is 2.67 bits per heavy atom. The van der Waals surface area contributed by atoms with Crippen LogP contribution < -0.4 is 0 Å². The van der Waals surface area contributed by atoms with Crippen molar-refractivity contribution < 1.29 is 5.11 Å². The summed E-state index contributed by atoms with van der Waals surface area (Å²) >= 11 is 0. The Hall–Kier alpha value is -0.750. The zero-order chi connectivity index (χ0) is 6.85. The molecule has 1 fully saturated rings. The van der Waals surface area contributed by atoms with Gasteiger partial charge in [-0.05, 0) is 13.3 Å². The molecule has 0 spiro atoms. The topological polar surface area (TPSA) is 47.3 Å². The summed E-state index contributed by atoms with van der Waals surface area (Å²) in [5.74, 6) is 0. The molecule has 2 unspecified atom stereocenters. The molecule has 1 rings (SSSR count). The van der Waals surface area contributed by atoms with Crippen molar-refractivity contribution in [3.8, 4) is 6.19 Å². The minimum Gasteiger partial charge on any atom is -0.391 e. The van der Waals surface area contributed by atoms with E-state index in [0.717, 1.165) is 6.42 Å². The average Bonchev–Trinajstić information content (AvgIpc) is 2.10. The van der Waals surface area contributed by atoms with Crippen molar-refractivity contribution in [1.82, 2.24) is 4.90 Å². The molecule has 1 aliphatic rings. The number of hydrogen-bond acceptors (Lipinski definition) is 3. The quantitative estimate of drug-likeness (QED) is 0.462. The minimum atomic E-state index is -0.292. The SMILES string of the molecule is CC1CC(O)CN1C#N. The van der Waals surface area contributed by atoms with Crippen molar-refractivity contribution >= 4 is 0 Å². The Kier molecular flexibility index (Phi) is 1.58. The zero-order valence-corrected chi connectivity index (χ0v) is 5.41. The number of likely N-dealkylation sites (tertiary alicyclic amines) is 1. The summed E-state index contributed by atoms with van der Waals surface area (Å²) in [4.78, 5) is 1.60. The molecule has 1 N–H and O–H groups in total. The van der Waals surface area contributed by atoms with Gasteiger partial charge in [-0.15, -0.1) is 0 Å². The van der Waals surface area contributed by atoms with E-state index >= 15 is 0 Å². The van der Waals surface area contributed by atoms with Gasteiger partial charge >= 0.3 is 0 Å². The van der Waals surface area contributed by atoms with Gasteiger partial charge < -0.3 is 10.0 Å². The first-order chi connectivity index (χ1) is 4.24. The molecule has 0 aromatic heterocycles. The lowest BCUT2D eigenvalue weighted by Gasteiger charge is -2.10. The lowest BCUT2D eigenvalue weighted by molar-refractivity contribution is 0.186. The lowest BCUT2D eigenvalue weighted by Crippen LogP contribution is -2.21. The Balaban J connectivity index is 2.50. The minimum absolute atomic E-state index is 0.227. The summed E-state index contributed by atoms with van der Waals surface area (Å²) in [5.41, 5.74) is 0. The van der Waals surface area contributed by atoms with E-state index in [1.54, 1.807) is 4.90 Å². The second kappa shape index (κ2) is 2.24. The largest absolute Gasteiger partial charge is 0.391 e. The van der Waals surface area contributed by atoms with E-state index < -0.39 is 0 Å². The van der Waals surface area contributed by atoms with Crippen molar-refractivity contribution in [2.75, 3.05) is 6.54 Å². The molecule has 1 aliphatic heterocycles. The third-order valence-corrected chi connectivity index (χ3v) is 1.68. The maximum Gasteiger partial charge on any atom is 0.179 e. The van der Waals surface area contributed by atoms with Gasteiger partial charge in [0.2, 0.25) is 0 Å². The van der Waals surface area contributed by atoms with Gasteiger partial charge in [0, 0.05) is 6.04 Å². The van der Waals surface area contributed by atoms with Crippen LogP contribution in [0.5, 0.6) is 0 Å². The van der Waals surface area contributed by atoms with E-state index in [9.17, 15) is 0 Å². The highest BCUT2D eigenvalue weighted by atomic mass is 16.3. The van der Waals surface area contributed by atoms with Gasteiger partial charge in [0.05, 0.1) is 12.6 Å². The van der Waals surface area contributed by atoms with Crippen LogP contribution in [0.1, 0.15) is 13.3 Å². The highest BCUT2D eigenvalue weighted by Gasteiger charge is 2.25. The third kappa shape index (κ3) is 1.14. The number of aliphatic hydroxyl groups is 1. The molecule has 0 saturated carbocycles.